The Morgan fingerprint density at radius 2 is 0.681 bits per heavy atom. The molecule has 11 aromatic rings. The van der Waals surface area contributed by atoms with Gasteiger partial charge in [0.05, 0.1) is 33.4 Å². The van der Waals surface area contributed by atoms with Gasteiger partial charge in [0.2, 0.25) is 0 Å². The number of rotatable bonds is 8. The summed E-state index contributed by atoms with van der Waals surface area (Å²) in [6, 6.07) is 85.2. The minimum Gasteiger partial charge on any atom is -0.455 e. The number of hydrogen-bond acceptors (Lipinski definition) is 3. The van der Waals surface area contributed by atoms with Gasteiger partial charge in [-0.2, -0.15) is 0 Å². The SMILES string of the molecule is O=P1(c2ccccc2)N(c2ccccc2)c2ccc(-c3ccc4oc5c(-c6ccc7c(c6)N(c6ccccc6)P(=O)(c6ccccc6)N7c6ccccc6)cccc5c4c3)cc2N1c1ccccc1. The van der Waals surface area contributed by atoms with Crippen molar-refractivity contribution in [3.63, 3.8) is 0 Å². The Balaban J connectivity index is 0.948. The fraction of sp³-hybridized carbons (Fsp3) is 0. The van der Waals surface area contributed by atoms with E-state index in [1.54, 1.807) is 0 Å². The summed E-state index contributed by atoms with van der Waals surface area (Å²) in [7, 11) is -7.05. The van der Waals surface area contributed by atoms with E-state index in [0.717, 1.165) is 100 Å². The van der Waals surface area contributed by atoms with Crippen LogP contribution in [0.2, 0.25) is 0 Å². The van der Waals surface area contributed by atoms with E-state index in [-0.39, 0.29) is 0 Å². The molecule has 69 heavy (non-hydrogen) atoms. The van der Waals surface area contributed by atoms with Crippen molar-refractivity contribution in [3.8, 4) is 22.3 Å². The molecule has 0 aliphatic carbocycles. The molecule has 0 amide bonds. The van der Waals surface area contributed by atoms with Crippen molar-refractivity contribution in [2.45, 2.75) is 0 Å². The Labute approximate surface area is 400 Å². The fourth-order valence-corrected chi connectivity index (χ4v) is 16.2. The zero-order valence-corrected chi connectivity index (χ0v) is 38.9. The molecule has 7 nitrogen and oxygen atoms in total. The summed E-state index contributed by atoms with van der Waals surface area (Å²) in [6.07, 6.45) is 0. The van der Waals surface area contributed by atoms with E-state index < -0.39 is 14.9 Å². The van der Waals surface area contributed by atoms with Gasteiger partial charge in [-0.05, 0) is 126 Å². The average Bonchev–Trinajstić information content (AvgIpc) is 4.02. The number of anilines is 8. The molecule has 0 radical (unpaired) electrons. The molecule has 0 saturated carbocycles. The largest absolute Gasteiger partial charge is 0.455 e. The number of hydrogen-bond donors (Lipinski definition) is 0. The van der Waals surface area contributed by atoms with Crippen LogP contribution in [-0.4, -0.2) is 0 Å². The van der Waals surface area contributed by atoms with Gasteiger partial charge >= 0.3 is 14.9 Å². The van der Waals surface area contributed by atoms with Crippen LogP contribution in [0.25, 0.3) is 44.2 Å². The summed E-state index contributed by atoms with van der Waals surface area (Å²) in [5.74, 6) is 0. The van der Waals surface area contributed by atoms with E-state index >= 15 is 9.13 Å². The van der Waals surface area contributed by atoms with Crippen LogP contribution < -0.4 is 29.3 Å². The highest BCUT2D eigenvalue weighted by molar-refractivity contribution is 7.76. The minimum atomic E-state index is -3.53. The maximum atomic E-state index is 16.2. The molecule has 9 heteroatoms. The second-order valence-electron chi connectivity index (χ2n) is 17.3. The third-order valence-electron chi connectivity index (χ3n) is 13.3. The van der Waals surface area contributed by atoms with Gasteiger partial charge in [0.25, 0.3) is 0 Å². The van der Waals surface area contributed by atoms with Crippen molar-refractivity contribution in [1.29, 1.82) is 0 Å². The fourth-order valence-electron chi connectivity index (χ4n) is 10.2. The second kappa shape index (κ2) is 16.2. The van der Waals surface area contributed by atoms with Gasteiger partial charge in [0.1, 0.15) is 11.2 Å². The molecular formula is C60H42N4O3P2. The lowest BCUT2D eigenvalue weighted by atomic mass is 9.99. The molecule has 330 valence electrons. The van der Waals surface area contributed by atoms with E-state index in [1.807, 2.05) is 201 Å². The smallest absolute Gasteiger partial charge is 0.301 e. The Hall–Kier alpha value is -8.34. The molecule has 3 heterocycles. The molecular weight excluding hydrogens is 887 g/mol. The van der Waals surface area contributed by atoms with Gasteiger partial charge in [-0.15, -0.1) is 0 Å². The molecule has 0 N–H and O–H groups in total. The number of para-hydroxylation sites is 5. The van der Waals surface area contributed by atoms with Crippen LogP contribution in [-0.2, 0) is 9.13 Å². The van der Waals surface area contributed by atoms with Gasteiger partial charge in [-0.25, -0.2) is 0 Å². The molecule has 0 spiro atoms. The second-order valence-corrected chi connectivity index (χ2v) is 22.1. The van der Waals surface area contributed by atoms with Crippen molar-refractivity contribution in [2.24, 2.45) is 0 Å². The number of furan rings is 1. The first-order chi connectivity index (χ1) is 34.0. The van der Waals surface area contributed by atoms with Crippen LogP contribution in [0, 0.1) is 0 Å². The zero-order chi connectivity index (χ0) is 46.1. The van der Waals surface area contributed by atoms with Crippen molar-refractivity contribution in [2.75, 3.05) is 18.7 Å². The molecule has 2 aliphatic rings. The maximum absolute atomic E-state index is 16.2. The molecule has 1 aromatic heterocycles. The Morgan fingerprint density at radius 3 is 1.14 bits per heavy atom. The Kier molecular flexibility index (Phi) is 9.59. The van der Waals surface area contributed by atoms with Crippen molar-refractivity contribution in [1.82, 2.24) is 0 Å². The minimum absolute atomic E-state index is 0.737. The normalized spacial score (nSPS) is 17.4. The summed E-state index contributed by atoms with van der Waals surface area (Å²) in [4.78, 5) is 0. The Morgan fingerprint density at radius 1 is 0.304 bits per heavy atom. The molecule has 2 aliphatic heterocycles. The van der Waals surface area contributed by atoms with Gasteiger partial charge < -0.3 is 4.42 Å². The monoisotopic (exact) mass is 928 g/mol. The highest BCUT2D eigenvalue weighted by atomic mass is 31.2. The maximum Gasteiger partial charge on any atom is 0.301 e. The molecule has 2 unspecified atom stereocenters. The molecule has 13 rings (SSSR count). The molecule has 10 aromatic carbocycles. The zero-order valence-electron chi connectivity index (χ0n) is 37.2. The summed E-state index contributed by atoms with van der Waals surface area (Å²) < 4.78 is 47.3. The molecule has 0 fully saturated rings. The number of benzene rings is 10. The van der Waals surface area contributed by atoms with Crippen LogP contribution in [0.5, 0.6) is 0 Å². The quantitative estimate of drug-likeness (QED) is 0.141. The van der Waals surface area contributed by atoms with E-state index in [0.29, 0.717) is 0 Å². The van der Waals surface area contributed by atoms with Crippen LogP contribution in [0.3, 0.4) is 0 Å². The van der Waals surface area contributed by atoms with Gasteiger partial charge in [-0.1, -0.05) is 146 Å². The van der Waals surface area contributed by atoms with E-state index in [1.165, 1.54) is 0 Å². The standard InChI is InChI=1S/C60H42N4O3P2/c65-68(50-28-15-5-16-29-50)61(46-20-7-1-8-21-46)55-37-34-44(41-57(55)63(68)48-24-11-3-12-25-48)43-36-39-59-54(40-43)53-33-19-32-52(60(53)67-59)45-35-38-56-58(42-45)64(49-26-13-4-14-27-49)69(66,51-30-17-6-18-31-51)62(56)47-22-9-2-10-23-47/h1-42H. The first kappa shape index (κ1) is 40.9. The van der Waals surface area contributed by atoms with Gasteiger partial charge in [-0.3, -0.25) is 27.8 Å². The van der Waals surface area contributed by atoms with Crippen molar-refractivity contribution in [3.05, 3.63) is 255 Å². The van der Waals surface area contributed by atoms with E-state index in [4.69, 9.17) is 4.42 Å². The van der Waals surface area contributed by atoms with E-state index in [2.05, 4.69) is 72.8 Å². The van der Waals surface area contributed by atoms with E-state index in [9.17, 15) is 0 Å². The van der Waals surface area contributed by atoms with Gasteiger partial charge in [0.15, 0.2) is 0 Å². The molecule has 2 atom stereocenters. The number of fused-ring (bicyclic) bond motifs is 5. The highest BCUT2D eigenvalue weighted by Crippen LogP contribution is 2.71. The summed E-state index contributed by atoms with van der Waals surface area (Å²) in [5, 5.41) is 3.45. The van der Waals surface area contributed by atoms with Crippen LogP contribution in [0.1, 0.15) is 0 Å². The topological polar surface area (TPSA) is 60.2 Å². The lowest BCUT2D eigenvalue weighted by Gasteiger charge is -2.33. The first-order valence-electron chi connectivity index (χ1n) is 23.0. The Bertz CT molecular complexity index is 3820. The summed E-state index contributed by atoms with van der Waals surface area (Å²) in [5.41, 5.74) is 12.2. The summed E-state index contributed by atoms with van der Waals surface area (Å²) >= 11 is 0. The molecule has 0 bridgehead atoms. The number of nitrogens with zero attached hydrogens (tertiary/aromatic N) is 4. The lowest BCUT2D eigenvalue weighted by Crippen LogP contribution is -2.26. The third-order valence-corrected chi connectivity index (χ3v) is 19.2. The first-order valence-corrected chi connectivity index (χ1v) is 26.2. The summed E-state index contributed by atoms with van der Waals surface area (Å²) in [6.45, 7) is 0. The lowest BCUT2D eigenvalue weighted by molar-refractivity contribution is 0.581. The van der Waals surface area contributed by atoms with Crippen LogP contribution in [0.15, 0.2) is 259 Å². The van der Waals surface area contributed by atoms with Crippen molar-refractivity contribution >= 4 is 92.9 Å². The predicted molar refractivity (Wildman–Crippen MR) is 286 cm³/mol. The van der Waals surface area contributed by atoms with Crippen LogP contribution in [0.4, 0.5) is 45.5 Å². The highest BCUT2D eigenvalue weighted by Gasteiger charge is 2.50. The predicted octanol–water partition coefficient (Wildman–Crippen LogP) is 16.5. The van der Waals surface area contributed by atoms with Crippen molar-refractivity contribution < 1.29 is 13.5 Å². The van der Waals surface area contributed by atoms with Gasteiger partial charge in [0, 0.05) is 39.1 Å². The molecule has 0 saturated heterocycles. The van der Waals surface area contributed by atoms with Crippen LogP contribution >= 0.6 is 14.9 Å². The average molecular weight is 929 g/mol. The third kappa shape index (κ3) is 6.36.